The van der Waals surface area contributed by atoms with E-state index in [9.17, 15) is 38.4 Å². The van der Waals surface area contributed by atoms with Crippen molar-refractivity contribution in [1.29, 1.82) is 0 Å². The van der Waals surface area contributed by atoms with Gasteiger partial charge in [0, 0.05) is 50.0 Å². The van der Waals surface area contributed by atoms with Gasteiger partial charge in [0.25, 0.3) is 0 Å². The first kappa shape index (κ1) is 55.6. The van der Waals surface area contributed by atoms with Gasteiger partial charge in [0.2, 0.25) is 47.3 Å². The standard InChI is InChI=1S/C46H69N15O8/c1-5-6-17-33(57-28(4)62)41(66)55-26(2)39(64)58-35(20-13-22-53-46(50)51)43(68)61-37(23-29-14-8-7-9-15-29)44(69)59-34(19-12-21-52-45(48)49)42(67)56-27(3)40(65)60-36(38(47)63)24-30-25-54-32-18-11-10-16-31(30)32/h7-11,14-16,18,25-27,33-37,54H,5-6,12-13,17,19-24H2,1-4H3,(H2,47,63)(H,55,66)(H,56,67)(H,57,62)(H,58,64)(H,59,69)(H,60,65)(H,61,68)(H4,48,49,52)(H4,50,51,53). The Bertz CT molecular complexity index is 2280. The first-order valence-electron chi connectivity index (χ1n) is 22.9. The molecule has 0 spiro atoms. The summed E-state index contributed by atoms with van der Waals surface area (Å²) >= 11 is 0. The van der Waals surface area contributed by atoms with Crippen molar-refractivity contribution in [2.24, 2.45) is 38.7 Å². The first-order chi connectivity index (χ1) is 32.8. The molecule has 2 aromatic carbocycles. The van der Waals surface area contributed by atoms with Crippen molar-refractivity contribution >= 4 is 70.1 Å². The Labute approximate surface area is 401 Å². The van der Waals surface area contributed by atoms with Crippen molar-refractivity contribution in [3.05, 3.63) is 71.9 Å². The Hall–Kier alpha value is -7.72. The zero-order chi connectivity index (χ0) is 51.0. The first-order valence-corrected chi connectivity index (χ1v) is 22.9. The lowest BCUT2D eigenvalue weighted by Crippen LogP contribution is -2.60. The quantitative estimate of drug-likeness (QED) is 0.0208. The predicted molar refractivity (Wildman–Crippen MR) is 261 cm³/mol. The second kappa shape index (κ2) is 28.5. The number of benzene rings is 2. The lowest BCUT2D eigenvalue weighted by Gasteiger charge is -2.27. The highest BCUT2D eigenvalue weighted by molar-refractivity contribution is 5.97. The maximum Gasteiger partial charge on any atom is 0.243 e. The lowest BCUT2D eigenvalue weighted by molar-refractivity contribution is -0.135. The summed E-state index contributed by atoms with van der Waals surface area (Å²) < 4.78 is 0. The van der Waals surface area contributed by atoms with Gasteiger partial charge >= 0.3 is 0 Å². The van der Waals surface area contributed by atoms with Crippen LogP contribution in [0.2, 0.25) is 0 Å². The molecular formula is C46H69N15O8. The second-order valence-electron chi connectivity index (χ2n) is 16.7. The number of hydrogen-bond donors (Lipinski definition) is 13. The number of nitrogens with two attached hydrogens (primary N) is 5. The third-order valence-corrected chi connectivity index (χ3v) is 10.9. The average molecular weight is 960 g/mol. The molecule has 23 heteroatoms. The summed E-state index contributed by atoms with van der Waals surface area (Å²) in [4.78, 5) is 118. The van der Waals surface area contributed by atoms with E-state index in [-0.39, 0.29) is 63.5 Å². The molecule has 0 bridgehead atoms. The molecule has 0 radical (unpaired) electrons. The van der Waals surface area contributed by atoms with Crippen molar-refractivity contribution in [2.75, 3.05) is 13.1 Å². The fourth-order valence-corrected chi connectivity index (χ4v) is 7.17. The molecule has 3 rings (SSSR count). The van der Waals surface area contributed by atoms with E-state index >= 15 is 0 Å². The fraction of sp³-hybridized carbons (Fsp3) is 0.478. The molecule has 376 valence electrons. The molecule has 7 unspecified atom stereocenters. The number of hydrogen-bond acceptors (Lipinski definition) is 10. The van der Waals surface area contributed by atoms with Crippen molar-refractivity contribution in [3.63, 3.8) is 0 Å². The molecule has 69 heavy (non-hydrogen) atoms. The van der Waals surface area contributed by atoms with Crippen LogP contribution in [-0.2, 0) is 51.2 Å². The number of rotatable bonds is 29. The summed E-state index contributed by atoms with van der Waals surface area (Å²) in [5.41, 5.74) is 29.9. The van der Waals surface area contributed by atoms with Crippen molar-refractivity contribution < 1.29 is 38.4 Å². The van der Waals surface area contributed by atoms with Crippen LogP contribution < -0.4 is 65.9 Å². The monoisotopic (exact) mass is 960 g/mol. The SMILES string of the molecule is CCCCC(NC(C)=O)C(=O)NC(C)C(=O)NC(CCCN=C(N)N)C(=O)NC(Cc1ccccc1)C(=O)NC(CCCN=C(N)N)C(=O)NC(C)C(=O)NC(Cc1c[nH]c2ccccc12)C(N)=O. The van der Waals surface area contributed by atoms with E-state index in [1.165, 1.54) is 20.8 Å². The highest BCUT2D eigenvalue weighted by atomic mass is 16.2. The van der Waals surface area contributed by atoms with E-state index in [0.29, 0.717) is 18.4 Å². The van der Waals surface area contributed by atoms with Crippen molar-refractivity contribution in [1.82, 2.24) is 42.2 Å². The Morgan fingerprint density at radius 3 is 1.51 bits per heavy atom. The van der Waals surface area contributed by atoms with Gasteiger partial charge in [0.15, 0.2) is 11.9 Å². The Morgan fingerprint density at radius 2 is 0.986 bits per heavy atom. The number of aromatic nitrogens is 1. The van der Waals surface area contributed by atoms with Gasteiger partial charge < -0.3 is 70.9 Å². The summed E-state index contributed by atoms with van der Waals surface area (Å²) in [6.07, 6.45) is 3.85. The molecule has 23 nitrogen and oxygen atoms in total. The molecule has 0 aliphatic rings. The highest BCUT2D eigenvalue weighted by Gasteiger charge is 2.33. The van der Waals surface area contributed by atoms with Gasteiger partial charge in [0.05, 0.1) is 0 Å². The molecule has 0 saturated heterocycles. The maximum atomic E-state index is 14.3. The van der Waals surface area contributed by atoms with E-state index < -0.39 is 89.6 Å². The van der Waals surface area contributed by atoms with Crippen LogP contribution in [0.4, 0.5) is 0 Å². The van der Waals surface area contributed by atoms with Crippen molar-refractivity contribution in [3.8, 4) is 0 Å². The number of nitrogens with one attached hydrogen (secondary N) is 8. The van der Waals surface area contributed by atoms with Crippen LogP contribution in [-0.4, -0.2) is 120 Å². The van der Waals surface area contributed by atoms with Crippen LogP contribution in [0.25, 0.3) is 10.9 Å². The van der Waals surface area contributed by atoms with E-state index in [2.05, 4.69) is 52.2 Å². The average Bonchev–Trinajstić information content (AvgIpc) is 3.71. The van der Waals surface area contributed by atoms with Crippen LogP contribution in [0.3, 0.4) is 0 Å². The summed E-state index contributed by atoms with van der Waals surface area (Å²) in [6.45, 7) is 6.21. The third-order valence-electron chi connectivity index (χ3n) is 10.9. The summed E-state index contributed by atoms with van der Waals surface area (Å²) in [7, 11) is 0. The molecule has 0 aliphatic carbocycles. The van der Waals surface area contributed by atoms with Gasteiger partial charge in [-0.15, -0.1) is 0 Å². The van der Waals surface area contributed by atoms with Gasteiger partial charge in [-0.3, -0.25) is 48.3 Å². The second-order valence-corrected chi connectivity index (χ2v) is 16.7. The van der Waals surface area contributed by atoms with Crippen LogP contribution in [0.15, 0.2) is 70.8 Å². The summed E-state index contributed by atoms with van der Waals surface area (Å²) in [5.74, 6) is -5.98. The molecule has 3 aromatic rings. The number of aliphatic imine (C=N–C) groups is 2. The zero-order valence-electron chi connectivity index (χ0n) is 39.6. The normalized spacial score (nSPS) is 13.9. The Morgan fingerprint density at radius 1 is 0.536 bits per heavy atom. The minimum atomic E-state index is -1.33. The lowest BCUT2D eigenvalue weighted by atomic mass is 10.0. The number of nitrogens with zero attached hydrogens (tertiary/aromatic N) is 2. The molecule has 1 aromatic heterocycles. The summed E-state index contributed by atoms with van der Waals surface area (Å²) in [5, 5.41) is 19.3. The van der Waals surface area contributed by atoms with Gasteiger partial charge in [-0.2, -0.15) is 0 Å². The number of unbranched alkanes of at least 4 members (excludes halogenated alkanes) is 1. The predicted octanol–water partition coefficient (Wildman–Crippen LogP) is -1.81. The minimum absolute atomic E-state index is 0.00607. The third kappa shape index (κ3) is 19.6. The number of carbonyl (C=O) groups excluding carboxylic acids is 8. The number of amides is 8. The molecule has 1 heterocycles. The molecule has 0 aliphatic heterocycles. The fourth-order valence-electron chi connectivity index (χ4n) is 7.17. The molecule has 8 amide bonds. The largest absolute Gasteiger partial charge is 0.370 e. The van der Waals surface area contributed by atoms with Crippen LogP contribution in [0.1, 0.15) is 83.8 Å². The van der Waals surface area contributed by atoms with E-state index in [4.69, 9.17) is 28.7 Å². The number of guanidine groups is 2. The van der Waals surface area contributed by atoms with Gasteiger partial charge in [-0.1, -0.05) is 68.3 Å². The van der Waals surface area contributed by atoms with Crippen LogP contribution in [0.5, 0.6) is 0 Å². The van der Waals surface area contributed by atoms with Gasteiger partial charge in [-0.05, 0) is 63.1 Å². The zero-order valence-corrected chi connectivity index (χ0v) is 39.6. The maximum absolute atomic E-state index is 14.3. The van der Waals surface area contributed by atoms with Gasteiger partial charge in [-0.25, -0.2) is 0 Å². The van der Waals surface area contributed by atoms with E-state index in [1.54, 1.807) is 36.5 Å². The van der Waals surface area contributed by atoms with E-state index in [0.717, 1.165) is 22.9 Å². The molecule has 0 saturated carbocycles. The highest BCUT2D eigenvalue weighted by Crippen LogP contribution is 2.19. The molecule has 7 atom stereocenters. The van der Waals surface area contributed by atoms with Crippen molar-refractivity contribution in [2.45, 2.75) is 128 Å². The van der Waals surface area contributed by atoms with E-state index in [1.807, 2.05) is 31.2 Å². The topological polar surface area (TPSA) is 391 Å². The Balaban J connectivity index is 1.85. The number of aromatic amines is 1. The molecular weight excluding hydrogens is 891 g/mol. The number of primary amides is 1. The van der Waals surface area contributed by atoms with Crippen LogP contribution in [0, 0.1) is 0 Å². The number of fused-ring (bicyclic) bond motifs is 1. The number of carbonyl (C=O) groups is 8. The summed E-state index contributed by atoms with van der Waals surface area (Å²) in [6, 6.07) is 7.83. The smallest absolute Gasteiger partial charge is 0.243 e. The molecule has 18 N–H and O–H groups in total. The number of H-pyrrole nitrogens is 1. The molecule has 0 fully saturated rings. The Kier molecular flexibility index (Phi) is 22.9. The number of para-hydroxylation sites is 1. The van der Waals surface area contributed by atoms with Crippen LogP contribution >= 0.6 is 0 Å². The minimum Gasteiger partial charge on any atom is -0.370 e. The van der Waals surface area contributed by atoms with Gasteiger partial charge in [0.1, 0.15) is 42.3 Å².